The Morgan fingerprint density at radius 2 is 2.10 bits per heavy atom. The molecule has 0 aliphatic heterocycles. The second kappa shape index (κ2) is 9.73. The fraction of sp³-hybridized carbons (Fsp3) is 0.529. The van der Waals surface area contributed by atoms with Gasteiger partial charge < -0.3 is 5.32 Å². The van der Waals surface area contributed by atoms with Gasteiger partial charge in [0.1, 0.15) is 16.9 Å². The number of carbonyl (C=O) groups excluding carboxylic acids is 1. The molecule has 9 nitrogen and oxygen atoms in total. The van der Waals surface area contributed by atoms with E-state index < -0.39 is 62.8 Å². The minimum absolute atomic E-state index is 0.0375. The molecule has 0 aromatic carbocycles. The van der Waals surface area contributed by atoms with E-state index in [0.717, 1.165) is 4.68 Å². The zero-order chi connectivity index (χ0) is 22.8. The summed E-state index contributed by atoms with van der Waals surface area (Å²) in [6.07, 6.45) is 0.614. The predicted molar refractivity (Wildman–Crippen MR) is 113 cm³/mol. The summed E-state index contributed by atoms with van der Waals surface area (Å²) in [5, 5.41) is 11.9. The number of nitrogens with one attached hydrogen (secondary N) is 3. The Bertz CT molecular complexity index is 1020. The van der Waals surface area contributed by atoms with Crippen LogP contribution < -0.4 is 14.4 Å². The predicted octanol–water partition coefficient (Wildman–Crippen LogP) is 3.32. The summed E-state index contributed by atoms with van der Waals surface area (Å²) in [6, 6.07) is -0.408. The van der Waals surface area contributed by atoms with Gasteiger partial charge in [-0.2, -0.15) is 9.49 Å². The van der Waals surface area contributed by atoms with Crippen molar-refractivity contribution in [2.45, 2.75) is 50.6 Å². The molecule has 3 N–H and O–H groups in total. The maximum atomic E-state index is 14.4. The van der Waals surface area contributed by atoms with Crippen LogP contribution >= 0.6 is 33.1 Å². The van der Waals surface area contributed by atoms with Crippen molar-refractivity contribution in [3.63, 3.8) is 0 Å². The number of alkyl halides is 2. The maximum absolute atomic E-state index is 14.4. The van der Waals surface area contributed by atoms with Gasteiger partial charge in [-0.1, -0.05) is 11.6 Å². The molecule has 170 valence electrons. The maximum Gasteiger partial charge on any atom is 0.269 e. The molecule has 0 saturated heterocycles. The lowest BCUT2D eigenvalue weighted by Gasteiger charge is -2.32. The molecule has 0 bridgehead atoms. The highest BCUT2D eigenvalue weighted by Crippen LogP contribution is 2.38. The zero-order valence-electron chi connectivity index (χ0n) is 16.2. The van der Waals surface area contributed by atoms with Crippen molar-refractivity contribution < 1.29 is 21.0 Å². The molecule has 0 radical (unpaired) electrons. The van der Waals surface area contributed by atoms with Gasteiger partial charge in [-0.25, -0.2) is 17.4 Å². The Morgan fingerprint density at radius 1 is 1.42 bits per heavy atom. The Hall–Kier alpha value is -1.87. The fourth-order valence-corrected chi connectivity index (χ4v) is 4.73. The third-order valence-corrected chi connectivity index (χ3v) is 6.39. The molecule has 3 rings (SSSR count). The minimum atomic E-state index is -2.78. The number of H-pyrrole nitrogens is 1. The van der Waals surface area contributed by atoms with Gasteiger partial charge >= 0.3 is 0 Å². The van der Waals surface area contributed by atoms with E-state index in [2.05, 4.69) is 24.1 Å². The standard InChI is InChI=1S/C17H19ClF3IN6O3/c1-8(10-6-12(18)25-26-15(10)29)28-7-11(14(19)27-28)23-16(30)13(24-22-31)9-2-4-17(20,21)5-3-9/h6-9,13H,2-5H2,1H3,(H,23,30)(H,24,31)(H,26,29)/t8?,13-/m0/s1. The van der Waals surface area contributed by atoms with E-state index in [1.165, 1.54) is 12.3 Å². The smallest absolute Gasteiger partial charge is 0.269 e. The molecule has 1 fully saturated rings. The number of amides is 1. The van der Waals surface area contributed by atoms with Crippen molar-refractivity contribution >= 4 is 44.7 Å². The topological polar surface area (TPSA) is 122 Å². The number of rotatable bonds is 7. The lowest BCUT2D eigenvalue weighted by atomic mass is 9.82. The normalized spacial score (nSPS) is 18.5. The largest absolute Gasteiger partial charge is 0.320 e. The van der Waals surface area contributed by atoms with Crippen LogP contribution in [0.5, 0.6) is 0 Å². The van der Waals surface area contributed by atoms with Crippen LogP contribution in [0.25, 0.3) is 0 Å². The number of hydrogen-bond donors (Lipinski definition) is 3. The average Bonchev–Trinajstić information content (AvgIpc) is 3.08. The van der Waals surface area contributed by atoms with Crippen molar-refractivity contribution in [1.82, 2.24) is 23.5 Å². The van der Waals surface area contributed by atoms with Crippen LogP contribution in [0, 0.1) is 11.9 Å². The highest BCUT2D eigenvalue weighted by molar-refractivity contribution is 14.1. The monoisotopic (exact) mass is 574 g/mol. The number of aromatic amines is 1. The summed E-state index contributed by atoms with van der Waals surface area (Å²) >= 11 is 4.03. The Kier molecular flexibility index (Phi) is 7.47. The third-order valence-electron chi connectivity index (χ3n) is 5.27. The second-order valence-electron chi connectivity index (χ2n) is 7.31. The van der Waals surface area contributed by atoms with E-state index >= 15 is 0 Å². The van der Waals surface area contributed by atoms with E-state index in [1.54, 1.807) is 6.92 Å². The molecule has 1 aliphatic carbocycles. The molecule has 0 spiro atoms. The molecule has 14 heteroatoms. The molecule has 2 aromatic rings. The molecular formula is C17H19ClF3IN6O3. The summed E-state index contributed by atoms with van der Waals surface area (Å²) in [5.41, 5.74) is -0.610. The lowest BCUT2D eigenvalue weighted by Crippen LogP contribution is -2.44. The average molecular weight is 575 g/mol. The molecule has 1 saturated carbocycles. The lowest BCUT2D eigenvalue weighted by molar-refractivity contribution is -0.120. The van der Waals surface area contributed by atoms with E-state index in [0.29, 0.717) is 0 Å². The summed E-state index contributed by atoms with van der Waals surface area (Å²) in [6.45, 7) is 1.58. The number of carbonyl (C=O) groups is 1. The van der Waals surface area contributed by atoms with Gasteiger partial charge in [0.05, 0.1) is 12.2 Å². The number of hydrogen-bond acceptors (Lipinski definition) is 5. The first-order chi connectivity index (χ1) is 14.6. The second-order valence-corrected chi connectivity index (χ2v) is 8.76. The van der Waals surface area contributed by atoms with Crippen LogP contribution in [0.15, 0.2) is 17.1 Å². The summed E-state index contributed by atoms with van der Waals surface area (Å²) in [5.74, 6) is -4.92. The van der Waals surface area contributed by atoms with Gasteiger partial charge in [-0.15, -0.1) is 5.10 Å². The molecule has 31 heavy (non-hydrogen) atoms. The first-order valence-electron chi connectivity index (χ1n) is 9.31. The number of aromatic nitrogens is 4. The van der Waals surface area contributed by atoms with Crippen LogP contribution in [-0.4, -0.2) is 37.8 Å². The summed E-state index contributed by atoms with van der Waals surface area (Å²) in [7, 11) is 0. The third kappa shape index (κ3) is 5.68. The number of nitrogens with zero attached hydrogens (tertiary/aromatic N) is 3. The van der Waals surface area contributed by atoms with Crippen molar-refractivity contribution in [2.24, 2.45) is 5.92 Å². The zero-order valence-corrected chi connectivity index (χ0v) is 19.1. The van der Waals surface area contributed by atoms with Gasteiger partial charge in [0, 0.05) is 18.4 Å². The van der Waals surface area contributed by atoms with E-state index in [4.69, 9.17) is 11.6 Å². The molecule has 1 amide bonds. The Balaban J connectivity index is 1.76. The van der Waals surface area contributed by atoms with Crippen molar-refractivity contribution in [2.75, 3.05) is 5.32 Å². The van der Waals surface area contributed by atoms with Gasteiger partial charge in [0.25, 0.3) is 11.5 Å². The van der Waals surface area contributed by atoms with Gasteiger partial charge in [-0.05, 0) is 31.7 Å². The Morgan fingerprint density at radius 3 is 2.74 bits per heavy atom. The van der Waals surface area contributed by atoms with E-state index in [9.17, 15) is 25.8 Å². The van der Waals surface area contributed by atoms with Crippen molar-refractivity contribution in [1.29, 1.82) is 0 Å². The number of anilines is 1. The van der Waals surface area contributed by atoms with Gasteiger partial charge in [0.15, 0.2) is 0 Å². The van der Waals surface area contributed by atoms with Crippen LogP contribution in [0.1, 0.15) is 44.2 Å². The molecule has 1 aliphatic rings. The molecular weight excluding hydrogens is 556 g/mol. The van der Waals surface area contributed by atoms with E-state index in [-0.39, 0.29) is 42.1 Å². The first kappa shape index (κ1) is 23.8. The van der Waals surface area contributed by atoms with Crippen molar-refractivity contribution in [3.05, 3.63) is 39.3 Å². The number of halogens is 5. The van der Waals surface area contributed by atoms with E-state index in [1.807, 2.05) is 0 Å². The van der Waals surface area contributed by atoms with Crippen LogP contribution in [0.2, 0.25) is 5.15 Å². The quantitative estimate of drug-likeness (QED) is 0.345. The Labute approximate surface area is 190 Å². The SMILES string of the molecule is CC(c1cc(Cl)n[nH]c1=O)n1cc(NC(=O)[C@@H](NI=O)C2CCC(F)(F)CC2)c(F)n1. The van der Waals surface area contributed by atoms with Crippen molar-refractivity contribution in [3.8, 4) is 0 Å². The highest BCUT2D eigenvalue weighted by Gasteiger charge is 2.40. The molecule has 2 aromatic heterocycles. The molecule has 2 atom stereocenters. The highest BCUT2D eigenvalue weighted by atomic mass is 127. The van der Waals surface area contributed by atoms with Crippen LogP contribution in [0.4, 0.5) is 18.9 Å². The van der Waals surface area contributed by atoms with Gasteiger partial charge in [-0.3, -0.25) is 17.3 Å². The molecule has 2 heterocycles. The fourth-order valence-electron chi connectivity index (χ4n) is 3.51. The molecule has 1 unspecified atom stereocenters. The van der Waals surface area contributed by atoms with Crippen LogP contribution in [-0.2, 0) is 7.86 Å². The first-order valence-corrected chi connectivity index (χ1v) is 11.6. The van der Waals surface area contributed by atoms with Crippen LogP contribution in [0.3, 0.4) is 0 Å². The van der Waals surface area contributed by atoms with Gasteiger partial charge in [0.2, 0.25) is 33.3 Å². The summed E-state index contributed by atoms with van der Waals surface area (Å²) < 4.78 is 56.1. The minimum Gasteiger partial charge on any atom is -0.320 e. The summed E-state index contributed by atoms with van der Waals surface area (Å²) in [4.78, 5) is 24.7.